The van der Waals surface area contributed by atoms with Gasteiger partial charge in [0.05, 0.1) is 13.2 Å². The Bertz CT molecular complexity index is 632. The quantitative estimate of drug-likeness (QED) is 0.882. The highest BCUT2D eigenvalue weighted by atomic mass is 16.3. The van der Waals surface area contributed by atoms with Gasteiger partial charge in [-0.25, -0.2) is 9.97 Å². The van der Waals surface area contributed by atoms with Crippen LogP contribution >= 0.6 is 0 Å². The Hall–Kier alpha value is -1.98. The summed E-state index contributed by atoms with van der Waals surface area (Å²) in [5.41, 5.74) is 8.52. The van der Waals surface area contributed by atoms with Crippen molar-refractivity contribution in [1.29, 1.82) is 0 Å². The third-order valence-corrected chi connectivity index (χ3v) is 4.24. The third-order valence-electron chi connectivity index (χ3n) is 4.24. The fourth-order valence-corrected chi connectivity index (χ4v) is 3.25. The second-order valence-corrected chi connectivity index (χ2v) is 5.70. The second-order valence-electron chi connectivity index (χ2n) is 5.70. The number of benzene rings is 1. The highest BCUT2D eigenvalue weighted by molar-refractivity contribution is 5.32. The molecular formula is C17H22N4O. The van der Waals surface area contributed by atoms with Gasteiger partial charge in [0.1, 0.15) is 11.6 Å². The van der Waals surface area contributed by atoms with Crippen molar-refractivity contribution in [2.45, 2.75) is 31.8 Å². The summed E-state index contributed by atoms with van der Waals surface area (Å²) in [6.45, 7) is 1.34. The van der Waals surface area contributed by atoms with E-state index in [-0.39, 0.29) is 6.61 Å². The number of hydrogen-bond donors (Lipinski definition) is 2. The maximum absolute atomic E-state index is 9.44. The molecule has 1 atom stereocenters. The van der Waals surface area contributed by atoms with Crippen molar-refractivity contribution in [2.24, 2.45) is 0 Å². The van der Waals surface area contributed by atoms with Crippen molar-refractivity contribution in [2.75, 3.05) is 18.9 Å². The number of rotatable bonds is 5. The fourth-order valence-electron chi connectivity index (χ4n) is 3.25. The highest BCUT2D eigenvalue weighted by Crippen LogP contribution is 2.34. The van der Waals surface area contributed by atoms with Gasteiger partial charge in [-0.2, -0.15) is 0 Å². The second kappa shape index (κ2) is 6.85. The number of aryl methyl sites for hydroxylation is 1. The van der Waals surface area contributed by atoms with Gasteiger partial charge in [0.15, 0.2) is 0 Å². The Balaban J connectivity index is 1.85. The number of aliphatic hydroxyl groups excluding tert-OH is 1. The van der Waals surface area contributed by atoms with Crippen LogP contribution in [0, 0.1) is 0 Å². The maximum Gasteiger partial charge on any atom is 0.144 e. The van der Waals surface area contributed by atoms with E-state index in [0.29, 0.717) is 30.8 Å². The van der Waals surface area contributed by atoms with E-state index in [2.05, 4.69) is 39.1 Å². The van der Waals surface area contributed by atoms with E-state index < -0.39 is 0 Å². The predicted molar refractivity (Wildman–Crippen MR) is 86.1 cm³/mol. The van der Waals surface area contributed by atoms with E-state index in [9.17, 15) is 5.11 Å². The number of anilines is 1. The number of nitrogen functional groups attached to an aromatic ring is 1. The average molecular weight is 298 g/mol. The minimum Gasteiger partial charge on any atom is -0.395 e. The molecule has 0 spiro atoms. The summed E-state index contributed by atoms with van der Waals surface area (Å²) >= 11 is 0. The van der Waals surface area contributed by atoms with Crippen molar-refractivity contribution in [3.05, 3.63) is 53.5 Å². The summed E-state index contributed by atoms with van der Waals surface area (Å²) in [5.74, 6) is 1.19. The number of hydrogen-bond acceptors (Lipinski definition) is 5. The summed E-state index contributed by atoms with van der Waals surface area (Å²) < 4.78 is 0. The van der Waals surface area contributed by atoms with E-state index in [4.69, 9.17) is 5.73 Å². The number of nitrogens with two attached hydrogens (primary N) is 1. The molecule has 0 amide bonds. The molecule has 1 aromatic carbocycles. The van der Waals surface area contributed by atoms with Crippen molar-refractivity contribution >= 4 is 5.82 Å². The molecule has 0 radical (unpaired) electrons. The monoisotopic (exact) mass is 298 g/mol. The predicted octanol–water partition coefficient (Wildman–Crippen LogP) is 1.93. The van der Waals surface area contributed by atoms with Crippen LogP contribution in [0.5, 0.6) is 0 Å². The van der Waals surface area contributed by atoms with Crippen molar-refractivity contribution in [1.82, 2.24) is 14.9 Å². The Labute approximate surface area is 130 Å². The molecule has 2 aromatic rings. The summed E-state index contributed by atoms with van der Waals surface area (Å²) in [7, 11) is 0. The third kappa shape index (κ3) is 3.26. The van der Waals surface area contributed by atoms with Gasteiger partial charge < -0.3 is 10.8 Å². The Morgan fingerprint density at radius 2 is 2.14 bits per heavy atom. The molecule has 3 rings (SSSR count). The van der Waals surface area contributed by atoms with Crippen LogP contribution in [0.3, 0.4) is 0 Å². The number of nitrogens with zero attached hydrogens (tertiary/aromatic N) is 3. The van der Waals surface area contributed by atoms with Gasteiger partial charge in [0.25, 0.3) is 0 Å². The van der Waals surface area contributed by atoms with Gasteiger partial charge in [0, 0.05) is 18.8 Å². The highest BCUT2D eigenvalue weighted by Gasteiger charge is 2.26. The Morgan fingerprint density at radius 1 is 1.27 bits per heavy atom. The van der Waals surface area contributed by atoms with E-state index in [0.717, 1.165) is 12.8 Å². The summed E-state index contributed by atoms with van der Waals surface area (Å²) in [4.78, 5) is 10.8. The lowest BCUT2D eigenvalue weighted by atomic mass is 9.87. The van der Waals surface area contributed by atoms with Gasteiger partial charge in [-0.15, -0.1) is 0 Å². The van der Waals surface area contributed by atoms with Crippen LogP contribution < -0.4 is 5.73 Å². The molecule has 0 fully saturated rings. The molecule has 116 valence electrons. The average Bonchev–Trinajstić information content (AvgIpc) is 2.54. The van der Waals surface area contributed by atoms with Crippen LogP contribution in [0.2, 0.25) is 0 Å². The molecule has 0 saturated carbocycles. The first-order valence-electron chi connectivity index (χ1n) is 7.78. The van der Waals surface area contributed by atoms with Crippen LogP contribution in [-0.4, -0.2) is 33.1 Å². The molecule has 1 heterocycles. The molecule has 3 N–H and O–H groups in total. The molecule has 1 unspecified atom stereocenters. The summed E-state index contributed by atoms with van der Waals surface area (Å²) in [5, 5.41) is 9.44. The molecule has 0 saturated heterocycles. The zero-order valence-corrected chi connectivity index (χ0v) is 12.7. The SMILES string of the molecule is Nc1ccnc(CN(CCO)C2CCCc3ccccc32)n1. The minimum atomic E-state index is 0.126. The van der Waals surface area contributed by atoms with Crippen molar-refractivity contribution in [3.63, 3.8) is 0 Å². The zero-order chi connectivity index (χ0) is 15.4. The van der Waals surface area contributed by atoms with Crippen LogP contribution in [-0.2, 0) is 13.0 Å². The van der Waals surface area contributed by atoms with Crippen LogP contribution in [0.25, 0.3) is 0 Å². The smallest absolute Gasteiger partial charge is 0.144 e. The Morgan fingerprint density at radius 3 is 2.95 bits per heavy atom. The lowest BCUT2D eigenvalue weighted by Crippen LogP contribution is -2.33. The standard InChI is InChI=1S/C17H22N4O/c18-16-8-9-19-17(20-16)12-21(10-11-22)15-7-3-5-13-4-1-2-6-14(13)15/h1-2,4,6,8-9,15,22H,3,5,7,10-12H2,(H2,18,19,20). The summed E-state index contributed by atoms with van der Waals surface area (Å²) in [6.07, 6.45) is 5.08. The first-order valence-corrected chi connectivity index (χ1v) is 7.78. The molecule has 1 aliphatic carbocycles. The van der Waals surface area contributed by atoms with Crippen LogP contribution in [0.4, 0.5) is 5.82 Å². The molecule has 5 nitrogen and oxygen atoms in total. The van der Waals surface area contributed by atoms with Crippen molar-refractivity contribution in [3.8, 4) is 0 Å². The van der Waals surface area contributed by atoms with E-state index in [1.807, 2.05) is 0 Å². The number of fused-ring (bicyclic) bond motifs is 1. The first-order chi connectivity index (χ1) is 10.8. The maximum atomic E-state index is 9.44. The Kier molecular flexibility index (Phi) is 4.65. The molecule has 1 aliphatic rings. The number of aliphatic hydroxyl groups is 1. The largest absolute Gasteiger partial charge is 0.395 e. The molecule has 0 aliphatic heterocycles. The van der Waals surface area contributed by atoms with Gasteiger partial charge in [0.2, 0.25) is 0 Å². The van der Waals surface area contributed by atoms with Crippen molar-refractivity contribution < 1.29 is 5.11 Å². The molecule has 1 aromatic heterocycles. The molecule has 0 bridgehead atoms. The zero-order valence-electron chi connectivity index (χ0n) is 12.7. The lowest BCUT2D eigenvalue weighted by molar-refractivity contribution is 0.128. The normalized spacial score (nSPS) is 17.5. The van der Waals surface area contributed by atoms with Crippen LogP contribution in [0.1, 0.15) is 35.8 Å². The molecule has 22 heavy (non-hydrogen) atoms. The van der Waals surface area contributed by atoms with E-state index in [1.165, 1.54) is 17.5 Å². The van der Waals surface area contributed by atoms with Gasteiger partial charge >= 0.3 is 0 Å². The molecular weight excluding hydrogens is 276 g/mol. The fraction of sp³-hybridized carbons (Fsp3) is 0.412. The van der Waals surface area contributed by atoms with E-state index in [1.54, 1.807) is 12.3 Å². The minimum absolute atomic E-state index is 0.126. The number of aromatic nitrogens is 2. The van der Waals surface area contributed by atoms with Crippen LogP contribution in [0.15, 0.2) is 36.5 Å². The summed E-state index contributed by atoms with van der Waals surface area (Å²) in [6, 6.07) is 10.6. The van der Waals surface area contributed by atoms with Gasteiger partial charge in [-0.1, -0.05) is 24.3 Å². The molecule has 5 heteroatoms. The first kappa shape index (κ1) is 14.9. The van der Waals surface area contributed by atoms with E-state index >= 15 is 0 Å². The van der Waals surface area contributed by atoms with Gasteiger partial charge in [-0.3, -0.25) is 4.90 Å². The lowest BCUT2D eigenvalue weighted by Gasteiger charge is -2.35. The van der Waals surface area contributed by atoms with Gasteiger partial charge in [-0.05, 0) is 36.5 Å². The topological polar surface area (TPSA) is 75.3 Å².